The van der Waals surface area contributed by atoms with E-state index in [1.54, 1.807) is 18.2 Å². The number of nitriles is 1. The number of amides is 3. The molecule has 2 aromatic carbocycles. The van der Waals surface area contributed by atoms with Crippen molar-refractivity contribution in [3.63, 3.8) is 0 Å². The highest BCUT2D eigenvalue weighted by molar-refractivity contribution is 6.07. The molecule has 4 N–H and O–H groups in total. The lowest BCUT2D eigenvalue weighted by Gasteiger charge is -2.23. The Hall–Kier alpha value is -3.77. The first-order valence-electron chi connectivity index (χ1n) is 10.2. The molecule has 3 atom stereocenters. The molecule has 0 bridgehead atoms. The smallest absolute Gasteiger partial charge is 0.243 e. The molecule has 1 fully saturated rings. The molecule has 2 aliphatic rings. The summed E-state index contributed by atoms with van der Waals surface area (Å²) in [6.07, 6.45) is 0.376. The van der Waals surface area contributed by atoms with Gasteiger partial charge in [0.2, 0.25) is 17.7 Å². The predicted octanol–water partition coefficient (Wildman–Crippen LogP) is 0.826. The van der Waals surface area contributed by atoms with Crippen molar-refractivity contribution in [2.24, 2.45) is 5.73 Å². The summed E-state index contributed by atoms with van der Waals surface area (Å²) >= 11 is 0. The topological polar surface area (TPSA) is 128 Å². The van der Waals surface area contributed by atoms with Crippen molar-refractivity contribution in [3.8, 4) is 6.07 Å². The van der Waals surface area contributed by atoms with Crippen LogP contribution in [0.2, 0.25) is 0 Å². The van der Waals surface area contributed by atoms with Crippen LogP contribution < -0.4 is 16.4 Å². The normalized spacial score (nSPS) is 22.2. The second-order valence-electron chi connectivity index (χ2n) is 8.11. The van der Waals surface area contributed by atoms with Crippen molar-refractivity contribution >= 4 is 23.4 Å². The minimum absolute atomic E-state index is 0.0599. The molecule has 0 unspecified atom stereocenters. The summed E-state index contributed by atoms with van der Waals surface area (Å²) in [4.78, 5) is 39.3. The zero-order valence-corrected chi connectivity index (χ0v) is 17.2. The molecular weight excluding hydrogens is 413 g/mol. The average Bonchev–Trinajstić information content (AvgIpc) is 3.32. The molecule has 32 heavy (non-hydrogen) atoms. The van der Waals surface area contributed by atoms with Crippen LogP contribution in [0.3, 0.4) is 0 Å². The van der Waals surface area contributed by atoms with Gasteiger partial charge in [-0.1, -0.05) is 30.3 Å². The van der Waals surface area contributed by atoms with Gasteiger partial charge in [0.25, 0.3) is 0 Å². The van der Waals surface area contributed by atoms with E-state index in [-0.39, 0.29) is 37.7 Å². The molecule has 164 valence electrons. The van der Waals surface area contributed by atoms with E-state index < -0.39 is 29.3 Å². The van der Waals surface area contributed by atoms with Crippen LogP contribution in [0.4, 0.5) is 10.1 Å². The van der Waals surface area contributed by atoms with E-state index in [1.165, 1.54) is 17.0 Å². The summed E-state index contributed by atoms with van der Waals surface area (Å²) in [6, 6.07) is 13.3. The summed E-state index contributed by atoms with van der Waals surface area (Å²) < 4.78 is 13.0. The van der Waals surface area contributed by atoms with Crippen LogP contribution in [-0.2, 0) is 26.2 Å². The number of carbonyl (C=O) groups excluding carboxylic acids is 3. The molecule has 0 aliphatic carbocycles. The third-order valence-electron chi connectivity index (χ3n) is 6.07. The SMILES string of the molecule is N#C[C@@H]1C[C@@]2(CN1C(=O)CNC(=O)[C@@H](N)Cc1ccc(F)cc1)C(=O)Nc1ccccc12. The maximum Gasteiger partial charge on any atom is 0.243 e. The molecule has 2 heterocycles. The van der Waals surface area contributed by atoms with Gasteiger partial charge in [0.05, 0.1) is 24.1 Å². The summed E-state index contributed by atoms with van der Waals surface area (Å²) in [5, 5.41) is 14.9. The molecule has 3 amide bonds. The van der Waals surface area contributed by atoms with E-state index in [9.17, 15) is 24.0 Å². The lowest BCUT2D eigenvalue weighted by atomic mass is 9.80. The maximum absolute atomic E-state index is 13.0. The Kier molecular flexibility index (Phi) is 5.63. The Morgan fingerprint density at radius 2 is 2.00 bits per heavy atom. The second kappa shape index (κ2) is 8.40. The van der Waals surface area contributed by atoms with Crippen LogP contribution in [0.1, 0.15) is 17.5 Å². The third kappa shape index (κ3) is 3.81. The molecular formula is C23H22FN5O3. The average molecular weight is 435 g/mol. The minimum Gasteiger partial charge on any atom is -0.346 e. The number of fused-ring (bicyclic) bond motifs is 2. The van der Waals surface area contributed by atoms with E-state index in [0.717, 1.165) is 5.56 Å². The van der Waals surface area contributed by atoms with Gasteiger partial charge in [0.15, 0.2) is 0 Å². The summed E-state index contributed by atoms with van der Waals surface area (Å²) in [5.41, 5.74) is 7.08. The lowest BCUT2D eigenvalue weighted by molar-refractivity contribution is -0.133. The van der Waals surface area contributed by atoms with Gasteiger partial charge >= 0.3 is 0 Å². The highest BCUT2D eigenvalue weighted by Gasteiger charge is 2.55. The minimum atomic E-state index is -0.977. The van der Waals surface area contributed by atoms with Crippen molar-refractivity contribution in [2.75, 3.05) is 18.4 Å². The summed E-state index contributed by atoms with van der Waals surface area (Å²) in [5.74, 6) is -1.62. The molecule has 2 aliphatic heterocycles. The lowest BCUT2D eigenvalue weighted by Crippen LogP contribution is -2.48. The summed E-state index contributed by atoms with van der Waals surface area (Å²) in [7, 11) is 0. The fourth-order valence-electron chi connectivity index (χ4n) is 4.38. The number of likely N-dealkylation sites (tertiary alicyclic amines) is 1. The zero-order valence-electron chi connectivity index (χ0n) is 17.2. The Balaban J connectivity index is 1.40. The van der Waals surface area contributed by atoms with Gasteiger partial charge in [-0.3, -0.25) is 14.4 Å². The number of nitrogens with two attached hydrogens (primary N) is 1. The van der Waals surface area contributed by atoms with Crippen molar-refractivity contribution in [1.82, 2.24) is 10.2 Å². The third-order valence-corrected chi connectivity index (χ3v) is 6.07. The Morgan fingerprint density at radius 3 is 2.72 bits per heavy atom. The van der Waals surface area contributed by atoms with Crippen LogP contribution >= 0.6 is 0 Å². The van der Waals surface area contributed by atoms with Gasteiger partial charge in [-0.05, 0) is 35.7 Å². The summed E-state index contributed by atoms with van der Waals surface area (Å²) in [6.45, 7) is -0.280. The number of hydrogen-bond acceptors (Lipinski definition) is 5. The quantitative estimate of drug-likeness (QED) is 0.641. The monoisotopic (exact) mass is 435 g/mol. The van der Waals surface area contributed by atoms with E-state index in [2.05, 4.69) is 16.7 Å². The molecule has 0 aromatic heterocycles. The Labute approximate surface area is 184 Å². The Bertz CT molecular complexity index is 1110. The molecule has 1 saturated heterocycles. The van der Waals surface area contributed by atoms with Gasteiger partial charge in [-0.15, -0.1) is 0 Å². The Morgan fingerprint density at radius 1 is 1.28 bits per heavy atom. The van der Waals surface area contributed by atoms with Crippen molar-refractivity contribution in [2.45, 2.75) is 30.3 Å². The van der Waals surface area contributed by atoms with E-state index in [4.69, 9.17) is 5.73 Å². The highest BCUT2D eigenvalue weighted by Crippen LogP contribution is 2.46. The largest absolute Gasteiger partial charge is 0.346 e. The van der Waals surface area contributed by atoms with E-state index in [0.29, 0.717) is 11.3 Å². The van der Waals surface area contributed by atoms with E-state index >= 15 is 0 Å². The number of halogens is 1. The molecule has 0 radical (unpaired) electrons. The number of nitrogens with one attached hydrogen (secondary N) is 2. The first kappa shape index (κ1) is 21.5. The number of benzene rings is 2. The fourth-order valence-corrected chi connectivity index (χ4v) is 4.38. The standard InChI is InChI=1S/C23H22FN5O3/c24-15-7-5-14(6-8-15)9-18(26)21(31)27-12-20(30)29-13-23(10-16(29)11-25)17-3-1-2-4-19(17)28-22(23)32/h1-8,16,18H,9-10,12-13,26H2,(H,27,31)(H,28,32)/t16-,18-,23-/m0/s1. The number of rotatable bonds is 5. The molecule has 0 saturated carbocycles. The van der Waals surface area contributed by atoms with Gasteiger partial charge in [-0.2, -0.15) is 5.26 Å². The van der Waals surface area contributed by atoms with Crippen LogP contribution in [0.5, 0.6) is 0 Å². The van der Waals surface area contributed by atoms with Crippen LogP contribution in [0.25, 0.3) is 0 Å². The van der Waals surface area contributed by atoms with E-state index in [1.807, 2.05) is 18.2 Å². The molecule has 2 aromatic rings. The first-order chi connectivity index (χ1) is 15.3. The molecule has 4 rings (SSSR count). The van der Waals surface area contributed by atoms with Crippen molar-refractivity contribution in [3.05, 3.63) is 65.5 Å². The molecule has 8 nitrogen and oxygen atoms in total. The fraction of sp³-hybridized carbons (Fsp3) is 0.304. The van der Waals surface area contributed by atoms with Gasteiger partial charge in [0, 0.05) is 18.7 Å². The number of para-hydroxylation sites is 1. The van der Waals surface area contributed by atoms with Gasteiger partial charge in [-0.25, -0.2) is 4.39 Å². The highest BCUT2D eigenvalue weighted by atomic mass is 19.1. The number of hydrogen-bond donors (Lipinski definition) is 3. The second-order valence-corrected chi connectivity index (χ2v) is 8.11. The van der Waals surface area contributed by atoms with Gasteiger partial charge in [0.1, 0.15) is 11.9 Å². The van der Waals surface area contributed by atoms with Crippen molar-refractivity contribution in [1.29, 1.82) is 5.26 Å². The number of anilines is 1. The van der Waals surface area contributed by atoms with Crippen LogP contribution in [0, 0.1) is 17.1 Å². The first-order valence-corrected chi connectivity index (χ1v) is 10.2. The zero-order chi connectivity index (χ0) is 22.9. The van der Waals surface area contributed by atoms with Crippen LogP contribution in [0.15, 0.2) is 48.5 Å². The number of nitrogens with zero attached hydrogens (tertiary/aromatic N) is 2. The van der Waals surface area contributed by atoms with Gasteiger partial charge < -0.3 is 21.3 Å². The predicted molar refractivity (Wildman–Crippen MR) is 114 cm³/mol. The molecule has 1 spiro atoms. The maximum atomic E-state index is 13.0. The number of carbonyl (C=O) groups is 3. The van der Waals surface area contributed by atoms with Crippen LogP contribution in [-0.4, -0.2) is 47.8 Å². The van der Waals surface area contributed by atoms with Crippen molar-refractivity contribution < 1.29 is 18.8 Å². The molecule has 9 heteroatoms.